The van der Waals surface area contributed by atoms with Crippen LogP contribution in [0.1, 0.15) is 11.6 Å². The Morgan fingerprint density at radius 2 is 2.15 bits per heavy atom. The Hall–Kier alpha value is -1.97. The highest BCUT2D eigenvalue weighted by Gasteiger charge is 2.19. The molecule has 0 saturated heterocycles. The van der Waals surface area contributed by atoms with Crippen molar-refractivity contribution in [2.45, 2.75) is 6.04 Å². The zero-order valence-electron chi connectivity index (χ0n) is 10.6. The third kappa shape index (κ3) is 4.02. The summed E-state index contributed by atoms with van der Waals surface area (Å²) < 4.78 is 0. The Bertz CT molecular complexity index is 571. The van der Waals surface area contributed by atoms with Gasteiger partial charge in [-0.15, -0.1) is 0 Å². The number of hydrogen-bond donors (Lipinski definition) is 2. The normalized spacial score (nSPS) is 11.3. The van der Waals surface area contributed by atoms with Crippen molar-refractivity contribution < 1.29 is 9.59 Å². The Labute approximate surface area is 126 Å². The van der Waals surface area contributed by atoms with Gasteiger partial charge >= 0.3 is 6.03 Å². The van der Waals surface area contributed by atoms with Gasteiger partial charge in [0.05, 0.1) is 16.1 Å². The van der Waals surface area contributed by atoms with Gasteiger partial charge in [0.25, 0.3) is 0 Å². The number of halogens is 2. The molecule has 106 valence electrons. The molecule has 0 fully saturated rings. The number of primary amides is 1. The summed E-state index contributed by atoms with van der Waals surface area (Å²) in [7, 11) is 1.37. The van der Waals surface area contributed by atoms with E-state index in [-0.39, 0.29) is 16.6 Å². The van der Waals surface area contributed by atoms with Crippen LogP contribution in [0.5, 0.6) is 0 Å². The lowest BCUT2D eigenvalue weighted by Gasteiger charge is -2.17. The average Bonchev–Trinajstić information content (AvgIpc) is 2.39. The number of likely N-dealkylation sites (N-methyl/N-ethyl adjacent to an activating group) is 1. The van der Waals surface area contributed by atoms with Crippen molar-refractivity contribution in [2.24, 2.45) is 5.73 Å². The summed E-state index contributed by atoms with van der Waals surface area (Å²) in [6.07, 6.45) is 0. The van der Waals surface area contributed by atoms with E-state index in [4.69, 9.17) is 34.2 Å². The molecule has 3 N–H and O–H groups in total. The van der Waals surface area contributed by atoms with Crippen LogP contribution in [0.4, 0.5) is 4.79 Å². The molecule has 0 unspecified atom stereocenters. The van der Waals surface area contributed by atoms with E-state index < -0.39 is 18.0 Å². The lowest BCUT2D eigenvalue weighted by Crippen LogP contribution is -2.41. The van der Waals surface area contributed by atoms with Gasteiger partial charge < -0.3 is 16.0 Å². The van der Waals surface area contributed by atoms with Crippen LogP contribution in [0, 0.1) is 11.3 Å². The number of nitrogens with one attached hydrogen (secondary N) is 1. The van der Waals surface area contributed by atoms with Gasteiger partial charge in [0, 0.05) is 12.6 Å². The molecule has 0 aliphatic heterocycles. The van der Waals surface area contributed by atoms with E-state index in [1.54, 1.807) is 18.2 Å². The fourth-order valence-electron chi connectivity index (χ4n) is 1.42. The number of nitrogens with zero attached hydrogens (tertiary/aromatic N) is 2. The number of hydrogen-bond acceptors (Lipinski definition) is 3. The number of benzene rings is 1. The third-order valence-electron chi connectivity index (χ3n) is 2.48. The van der Waals surface area contributed by atoms with Crippen LogP contribution >= 0.6 is 23.2 Å². The zero-order valence-corrected chi connectivity index (χ0v) is 12.1. The topological polar surface area (TPSA) is 99.2 Å². The standard InChI is InChI=1S/C12H12Cl2N4O2/c1-18(12(16)20)6-10(19)17-9(5-15)7-3-2-4-8(13)11(7)14/h2-4,9H,6H2,1H3,(H2,16,20)(H,17,19)/t9-/m1/s1. The molecular formula is C12H12Cl2N4O2. The summed E-state index contributed by atoms with van der Waals surface area (Å²) in [5.74, 6) is -0.533. The Morgan fingerprint density at radius 1 is 1.50 bits per heavy atom. The van der Waals surface area contributed by atoms with E-state index in [9.17, 15) is 9.59 Å². The zero-order chi connectivity index (χ0) is 15.3. The smallest absolute Gasteiger partial charge is 0.314 e. The summed E-state index contributed by atoms with van der Waals surface area (Å²) in [6, 6.07) is 4.98. The molecule has 0 bridgehead atoms. The number of urea groups is 1. The molecule has 1 aromatic carbocycles. The maximum absolute atomic E-state index is 11.7. The predicted molar refractivity (Wildman–Crippen MR) is 75.2 cm³/mol. The predicted octanol–water partition coefficient (Wildman–Crippen LogP) is 1.68. The fraction of sp³-hybridized carbons (Fsp3) is 0.250. The summed E-state index contributed by atoms with van der Waals surface area (Å²) in [5, 5.41) is 12.0. The van der Waals surface area contributed by atoms with Crippen molar-refractivity contribution in [3.05, 3.63) is 33.8 Å². The van der Waals surface area contributed by atoms with Crippen molar-refractivity contribution in [3.63, 3.8) is 0 Å². The monoisotopic (exact) mass is 314 g/mol. The minimum atomic E-state index is -0.963. The summed E-state index contributed by atoms with van der Waals surface area (Å²) in [6.45, 7) is -0.258. The molecule has 0 aliphatic rings. The number of carbonyl (C=O) groups excluding carboxylic acids is 2. The van der Waals surface area contributed by atoms with Crippen molar-refractivity contribution in [2.75, 3.05) is 13.6 Å². The first-order chi connectivity index (χ1) is 9.36. The van der Waals surface area contributed by atoms with E-state index >= 15 is 0 Å². The first-order valence-electron chi connectivity index (χ1n) is 5.50. The van der Waals surface area contributed by atoms with Gasteiger partial charge in [0.2, 0.25) is 5.91 Å². The average molecular weight is 315 g/mol. The van der Waals surface area contributed by atoms with Gasteiger partial charge in [-0.3, -0.25) is 4.79 Å². The molecule has 0 aliphatic carbocycles. The van der Waals surface area contributed by atoms with Crippen LogP contribution in [0.25, 0.3) is 0 Å². The Kier molecular flexibility index (Phi) is 5.62. The second kappa shape index (κ2) is 6.98. The number of nitriles is 1. The van der Waals surface area contributed by atoms with Gasteiger partial charge in [-0.25, -0.2) is 4.79 Å². The Morgan fingerprint density at radius 3 is 2.70 bits per heavy atom. The maximum Gasteiger partial charge on any atom is 0.314 e. The highest BCUT2D eigenvalue weighted by Crippen LogP contribution is 2.29. The van der Waals surface area contributed by atoms with Gasteiger partial charge in [-0.2, -0.15) is 5.26 Å². The minimum Gasteiger partial charge on any atom is -0.351 e. The van der Waals surface area contributed by atoms with E-state index in [2.05, 4.69) is 5.32 Å². The van der Waals surface area contributed by atoms with Crippen molar-refractivity contribution in [3.8, 4) is 6.07 Å². The molecular weight excluding hydrogens is 303 g/mol. The molecule has 1 rings (SSSR count). The third-order valence-corrected chi connectivity index (χ3v) is 3.32. The van der Waals surface area contributed by atoms with Gasteiger partial charge in [-0.1, -0.05) is 35.3 Å². The SMILES string of the molecule is CN(CC(=O)N[C@H](C#N)c1cccc(Cl)c1Cl)C(N)=O. The molecule has 0 spiro atoms. The molecule has 1 atom stereocenters. The van der Waals surface area contributed by atoms with Gasteiger partial charge in [0.15, 0.2) is 0 Å². The number of amides is 3. The number of rotatable bonds is 4. The Balaban J connectivity index is 2.83. The fourth-order valence-corrected chi connectivity index (χ4v) is 1.84. The first kappa shape index (κ1) is 16.1. The molecule has 20 heavy (non-hydrogen) atoms. The molecule has 8 heteroatoms. The summed E-state index contributed by atoms with van der Waals surface area (Å²) in [5.41, 5.74) is 5.39. The second-order valence-corrected chi connectivity index (χ2v) is 4.75. The van der Waals surface area contributed by atoms with Crippen LogP contribution in [-0.4, -0.2) is 30.4 Å². The van der Waals surface area contributed by atoms with E-state index in [1.165, 1.54) is 7.05 Å². The molecule has 6 nitrogen and oxygen atoms in total. The maximum atomic E-state index is 11.7. The molecule has 1 aromatic rings. The number of nitrogens with two attached hydrogens (primary N) is 1. The highest BCUT2D eigenvalue weighted by molar-refractivity contribution is 6.42. The summed E-state index contributed by atoms with van der Waals surface area (Å²) >= 11 is 11.8. The van der Waals surface area contributed by atoms with E-state index in [0.717, 1.165) is 4.90 Å². The van der Waals surface area contributed by atoms with E-state index in [1.807, 2.05) is 6.07 Å². The van der Waals surface area contributed by atoms with Gasteiger partial charge in [0.1, 0.15) is 12.6 Å². The first-order valence-corrected chi connectivity index (χ1v) is 6.26. The van der Waals surface area contributed by atoms with Gasteiger partial charge in [-0.05, 0) is 6.07 Å². The molecule has 0 heterocycles. The molecule has 0 aromatic heterocycles. The second-order valence-electron chi connectivity index (χ2n) is 3.97. The quantitative estimate of drug-likeness (QED) is 0.884. The van der Waals surface area contributed by atoms with Crippen molar-refractivity contribution >= 4 is 35.1 Å². The van der Waals surface area contributed by atoms with Crippen LogP contribution in [0.3, 0.4) is 0 Å². The lowest BCUT2D eigenvalue weighted by molar-refractivity contribution is -0.121. The van der Waals surface area contributed by atoms with Crippen LogP contribution < -0.4 is 11.1 Å². The molecule has 0 saturated carbocycles. The van der Waals surface area contributed by atoms with E-state index in [0.29, 0.717) is 5.56 Å². The van der Waals surface area contributed by atoms with Crippen molar-refractivity contribution in [1.29, 1.82) is 5.26 Å². The van der Waals surface area contributed by atoms with Crippen molar-refractivity contribution in [1.82, 2.24) is 10.2 Å². The lowest BCUT2D eigenvalue weighted by atomic mass is 10.1. The number of carbonyl (C=O) groups is 2. The highest BCUT2D eigenvalue weighted by atomic mass is 35.5. The largest absolute Gasteiger partial charge is 0.351 e. The molecule has 0 radical (unpaired) electrons. The van der Waals surface area contributed by atoms with Crippen LogP contribution in [0.2, 0.25) is 10.0 Å². The molecule has 3 amide bonds. The summed E-state index contributed by atoms with van der Waals surface area (Å²) in [4.78, 5) is 23.5. The van der Waals surface area contributed by atoms with Crippen LogP contribution in [0.15, 0.2) is 18.2 Å². The van der Waals surface area contributed by atoms with Crippen LogP contribution in [-0.2, 0) is 4.79 Å². The minimum absolute atomic E-state index is 0.198.